The molecule has 0 amide bonds. The van der Waals surface area contributed by atoms with Gasteiger partial charge in [0, 0.05) is 18.5 Å². The number of nitrogens with zero attached hydrogens (tertiary/aromatic N) is 2. The largest absolute Gasteiger partial charge is 0.323 e. The highest BCUT2D eigenvalue weighted by molar-refractivity contribution is 5.18. The quantitative estimate of drug-likeness (QED) is 0.799. The van der Waals surface area contributed by atoms with Crippen molar-refractivity contribution in [1.29, 1.82) is 0 Å². The molecule has 1 heterocycles. The third-order valence-corrected chi connectivity index (χ3v) is 3.12. The van der Waals surface area contributed by atoms with Crippen molar-refractivity contribution in [2.24, 2.45) is 5.73 Å². The van der Waals surface area contributed by atoms with Crippen molar-refractivity contribution in [2.75, 3.05) is 0 Å². The predicted molar refractivity (Wildman–Crippen MR) is 57.1 cm³/mol. The average molecular weight is 193 g/mol. The molecule has 1 aromatic heterocycles. The Kier molecular flexibility index (Phi) is 2.59. The van der Waals surface area contributed by atoms with Gasteiger partial charge in [0.2, 0.25) is 0 Å². The molecule has 1 aliphatic rings. The third kappa shape index (κ3) is 1.57. The molecule has 14 heavy (non-hydrogen) atoms. The Hall–Kier alpha value is -0.830. The Morgan fingerprint density at radius 3 is 2.71 bits per heavy atom. The molecule has 1 aromatic rings. The van der Waals surface area contributed by atoms with Gasteiger partial charge in [-0.2, -0.15) is 5.10 Å². The monoisotopic (exact) mass is 193 g/mol. The first kappa shape index (κ1) is 9.71. The van der Waals surface area contributed by atoms with Crippen molar-refractivity contribution in [3.8, 4) is 0 Å². The number of hydrogen-bond acceptors (Lipinski definition) is 2. The standard InChI is InChI=1S/C11H19N3/c1-3-14-11(8(2)12)7-10(13-14)9-5-4-6-9/h7-9H,3-6,12H2,1-2H3. The van der Waals surface area contributed by atoms with Crippen LogP contribution in [0.4, 0.5) is 0 Å². The highest BCUT2D eigenvalue weighted by Crippen LogP contribution is 2.36. The summed E-state index contributed by atoms with van der Waals surface area (Å²) in [6.45, 7) is 5.06. The lowest BCUT2D eigenvalue weighted by molar-refractivity contribution is 0.406. The van der Waals surface area contributed by atoms with Crippen LogP contribution in [0.25, 0.3) is 0 Å². The molecule has 1 atom stereocenters. The van der Waals surface area contributed by atoms with Crippen molar-refractivity contribution < 1.29 is 0 Å². The summed E-state index contributed by atoms with van der Waals surface area (Å²) < 4.78 is 2.04. The van der Waals surface area contributed by atoms with E-state index in [9.17, 15) is 0 Å². The van der Waals surface area contributed by atoms with Crippen molar-refractivity contribution in [2.45, 2.75) is 51.6 Å². The number of hydrogen-bond donors (Lipinski definition) is 1. The van der Waals surface area contributed by atoms with Crippen LogP contribution in [0, 0.1) is 0 Å². The molecule has 0 bridgehead atoms. The summed E-state index contributed by atoms with van der Waals surface area (Å²) in [6.07, 6.45) is 3.97. The molecule has 2 N–H and O–H groups in total. The average Bonchev–Trinajstić information content (AvgIpc) is 2.45. The lowest BCUT2D eigenvalue weighted by Gasteiger charge is -2.22. The molecule has 0 radical (unpaired) electrons. The van der Waals surface area contributed by atoms with Gasteiger partial charge in [0.25, 0.3) is 0 Å². The fourth-order valence-corrected chi connectivity index (χ4v) is 1.98. The number of aromatic nitrogens is 2. The summed E-state index contributed by atoms with van der Waals surface area (Å²) in [7, 11) is 0. The van der Waals surface area contributed by atoms with Gasteiger partial charge in [-0.1, -0.05) is 6.42 Å². The molecule has 1 aliphatic carbocycles. The van der Waals surface area contributed by atoms with Crippen molar-refractivity contribution >= 4 is 0 Å². The molecule has 2 rings (SSSR count). The predicted octanol–water partition coefficient (Wildman–Crippen LogP) is 2.19. The van der Waals surface area contributed by atoms with Crippen LogP contribution < -0.4 is 5.73 Å². The van der Waals surface area contributed by atoms with Crippen LogP contribution in [0.15, 0.2) is 6.07 Å². The normalized spacial score (nSPS) is 19.4. The minimum atomic E-state index is 0.0938. The topological polar surface area (TPSA) is 43.8 Å². The van der Waals surface area contributed by atoms with Gasteiger partial charge >= 0.3 is 0 Å². The second-order valence-corrected chi connectivity index (χ2v) is 4.23. The summed E-state index contributed by atoms with van der Waals surface area (Å²) in [5, 5.41) is 4.61. The lowest BCUT2D eigenvalue weighted by atomic mass is 9.83. The maximum atomic E-state index is 5.90. The van der Waals surface area contributed by atoms with E-state index in [-0.39, 0.29) is 6.04 Å². The van der Waals surface area contributed by atoms with Crippen molar-refractivity contribution in [3.63, 3.8) is 0 Å². The van der Waals surface area contributed by atoms with Gasteiger partial charge in [0.05, 0.1) is 11.4 Å². The maximum absolute atomic E-state index is 5.90. The molecule has 0 aromatic carbocycles. The Balaban J connectivity index is 2.25. The van der Waals surface area contributed by atoms with Gasteiger partial charge in [0.1, 0.15) is 0 Å². The van der Waals surface area contributed by atoms with E-state index < -0.39 is 0 Å². The fourth-order valence-electron chi connectivity index (χ4n) is 1.98. The first-order valence-electron chi connectivity index (χ1n) is 5.55. The van der Waals surface area contributed by atoms with E-state index in [1.807, 2.05) is 11.6 Å². The van der Waals surface area contributed by atoms with Gasteiger partial charge in [-0.05, 0) is 32.8 Å². The molecule has 3 nitrogen and oxygen atoms in total. The summed E-state index contributed by atoms with van der Waals surface area (Å²) >= 11 is 0. The summed E-state index contributed by atoms with van der Waals surface area (Å²) in [6, 6.07) is 2.29. The van der Waals surface area contributed by atoms with E-state index in [0.29, 0.717) is 5.92 Å². The van der Waals surface area contributed by atoms with Crippen LogP contribution in [0.3, 0.4) is 0 Å². The number of aryl methyl sites for hydroxylation is 1. The molecule has 0 spiro atoms. The van der Waals surface area contributed by atoms with E-state index in [1.165, 1.54) is 30.7 Å². The van der Waals surface area contributed by atoms with E-state index >= 15 is 0 Å². The van der Waals surface area contributed by atoms with Crippen molar-refractivity contribution in [1.82, 2.24) is 9.78 Å². The molecule has 78 valence electrons. The Morgan fingerprint density at radius 1 is 1.64 bits per heavy atom. The molecule has 1 unspecified atom stereocenters. The molecule has 1 saturated carbocycles. The molecule has 0 aliphatic heterocycles. The highest BCUT2D eigenvalue weighted by atomic mass is 15.3. The van der Waals surface area contributed by atoms with Gasteiger partial charge in [-0.25, -0.2) is 0 Å². The van der Waals surface area contributed by atoms with E-state index in [1.54, 1.807) is 0 Å². The third-order valence-electron chi connectivity index (χ3n) is 3.12. The zero-order valence-corrected chi connectivity index (χ0v) is 9.03. The summed E-state index contributed by atoms with van der Waals surface area (Å²) in [5.74, 6) is 0.709. The molecule has 0 saturated heterocycles. The maximum Gasteiger partial charge on any atom is 0.0659 e. The summed E-state index contributed by atoms with van der Waals surface area (Å²) in [4.78, 5) is 0. The second-order valence-electron chi connectivity index (χ2n) is 4.23. The molecular weight excluding hydrogens is 174 g/mol. The van der Waals surface area contributed by atoms with E-state index in [0.717, 1.165) is 6.54 Å². The first-order valence-corrected chi connectivity index (χ1v) is 5.55. The summed E-state index contributed by atoms with van der Waals surface area (Å²) in [5.41, 5.74) is 8.33. The zero-order chi connectivity index (χ0) is 10.1. The lowest BCUT2D eigenvalue weighted by Crippen LogP contribution is -2.12. The smallest absolute Gasteiger partial charge is 0.0659 e. The molecule has 3 heteroatoms. The van der Waals surface area contributed by atoms with E-state index in [2.05, 4.69) is 18.1 Å². The minimum absolute atomic E-state index is 0.0938. The molecule has 1 fully saturated rings. The van der Waals surface area contributed by atoms with Crippen molar-refractivity contribution in [3.05, 3.63) is 17.5 Å². The number of rotatable bonds is 3. The Labute approximate surface area is 85.3 Å². The van der Waals surface area contributed by atoms with Crippen LogP contribution >= 0.6 is 0 Å². The Bertz CT molecular complexity index is 310. The highest BCUT2D eigenvalue weighted by Gasteiger charge is 2.23. The van der Waals surface area contributed by atoms with Crippen LogP contribution in [-0.4, -0.2) is 9.78 Å². The van der Waals surface area contributed by atoms with Crippen LogP contribution in [0.5, 0.6) is 0 Å². The Morgan fingerprint density at radius 2 is 2.36 bits per heavy atom. The molecular formula is C11H19N3. The van der Waals surface area contributed by atoms with Gasteiger partial charge in [-0.3, -0.25) is 4.68 Å². The number of nitrogens with two attached hydrogens (primary N) is 1. The van der Waals surface area contributed by atoms with E-state index in [4.69, 9.17) is 5.73 Å². The first-order chi connectivity index (χ1) is 6.72. The van der Waals surface area contributed by atoms with Gasteiger partial charge in [0.15, 0.2) is 0 Å². The van der Waals surface area contributed by atoms with Crippen LogP contribution in [0.1, 0.15) is 56.5 Å². The zero-order valence-electron chi connectivity index (χ0n) is 9.03. The SMILES string of the molecule is CCn1nc(C2CCC2)cc1C(C)N. The van der Waals surface area contributed by atoms with Crippen LogP contribution in [-0.2, 0) is 6.54 Å². The van der Waals surface area contributed by atoms with Crippen LogP contribution in [0.2, 0.25) is 0 Å². The van der Waals surface area contributed by atoms with Gasteiger partial charge < -0.3 is 5.73 Å². The van der Waals surface area contributed by atoms with Gasteiger partial charge in [-0.15, -0.1) is 0 Å². The fraction of sp³-hybridized carbons (Fsp3) is 0.727. The minimum Gasteiger partial charge on any atom is -0.323 e. The second kappa shape index (κ2) is 3.73.